The number of para-hydroxylation sites is 1. The molecular weight excluding hydrogens is 224 g/mol. The lowest BCUT2D eigenvalue weighted by molar-refractivity contribution is -0.121. The van der Waals surface area contributed by atoms with E-state index < -0.39 is 0 Å². The Balaban J connectivity index is 0.00000128. The van der Waals surface area contributed by atoms with E-state index in [1.807, 2.05) is 37.4 Å². The Morgan fingerprint density at radius 3 is 2.62 bits per heavy atom. The van der Waals surface area contributed by atoms with Gasteiger partial charge in [-0.15, -0.1) is 12.4 Å². The highest BCUT2D eigenvalue weighted by atomic mass is 35.5. The number of benzene rings is 1. The zero-order valence-electron chi connectivity index (χ0n) is 9.35. The molecule has 0 saturated carbocycles. The summed E-state index contributed by atoms with van der Waals surface area (Å²) in [6.07, 6.45) is 0.954. The van der Waals surface area contributed by atoms with Gasteiger partial charge in [-0.3, -0.25) is 4.79 Å². The Morgan fingerprint density at radius 1 is 1.38 bits per heavy atom. The van der Waals surface area contributed by atoms with Gasteiger partial charge in [-0.1, -0.05) is 18.2 Å². The number of amides is 1. The van der Waals surface area contributed by atoms with Gasteiger partial charge in [-0.2, -0.15) is 0 Å². The molecule has 1 fully saturated rings. The second-order valence-corrected chi connectivity index (χ2v) is 3.92. The smallest absolute Gasteiger partial charge is 0.231 e. The van der Waals surface area contributed by atoms with Gasteiger partial charge in [0.05, 0.1) is 5.92 Å². The number of carbonyl (C=O) groups excluding carboxylic acids is 1. The van der Waals surface area contributed by atoms with Crippen molar-refractivity contribution in [1.82, 2.24) is 5.32 Å². The molecule has 1 aliphatic rings. The van der Waals surface area contributed by atoms with Gasteiger partial charge in [0.1, 0.15) is 0 Å². The van der Waals surface area contributed by atoms with Crippen molar-refractivity contribution in [2.24, 2.45) is 5.92 Å². The lowest BCUT2D eigenvalue weighted by atomic mass is 10.1. The molecule has 1 amide bonds. The van der Waals surface area contributed by atoms with Crippen LogP contribution >= 0.6 is 12.4 Å². The van der Waals surface area contributed by atoms with Crippen LogP contribution in [0.2, 0.25) is 0 Å². The van der Waals surface area contributed by atoms with E-state index in [1.165, 1.54) is 0 Å². The fourth-order valence-electron chi connectivity index (χ4n) is 1.92. The maximum absolute atomic E-state index is 12.0. The van der Waals surface area contributed by atoms with E-state index in [1.54, 1.807) is 4.90 Å². The maximum Gasteiger partial charge on any atom is 0.231 e. The first-order valence-electron chi connectivity index (χ1n) is 5.32. The monoisotopic (exact) mass is 240 g/mol. The Labute approximate surface area is 102 Å². The first-order valence-corrected chi connectivity index (χ1v) is 5.32. The van der Waals surface area contributed by atoms with Crippen LogP contribution in [0, 0.1) is 5.92 Å². The van der Waals surface area contributed by atoms with Crippen molar-refractivity contribution in [1.29, 1.82) is 0 Å². The molecule has 88 valence electrons. The Hall–Kier alpha value is -1.06. The lowest BCUT2D eigenvalue weighted by Gasteiger charge is -2.20. The van der Waals surface area contributed by atoms with E-state index in [-0.39, 0.29) is 24.2 Å². The molecule has 1 aromatic rings. The van der Waals surface area contributed by atoms with Crippen LogP contribution in [0.3, 0.4) is 0 Å². The molecule has 1 aromatic carbocycles. The molecule has 0 unspecified atom stereocenters. The molecule has 0 spiro atoms. The number of hydrogen-bond acceptors (Lipinski definition) is 2. The molecule has 0 aliphatic carbocycles. The standard InChI is InChI=1S/C12H16N2O.ClH/c1-14(11-5-3-2-4-6-11)12(15)10-7-8-13-9-10;/h2-6,10,13H,7-9H2,1H3;1H/t10-;/m1./s1. The van der Waals surface area contributed by atoms with Crippen molar-refractivity contribution >= 4 is 24.0 Å². The SMILES string of the molecule is CN(C(=O)[C@@H]1CCNC1)c1ccccc1.Cl. The van der Waals surface area contributed by atoms with Crippen LogP contribution in [0.4, 0.5) is 5.69 Å². The highest BCUT2D eigenvalue weighted by Crippen LogP contribution is 2.17. The minimum Gasteiger partial charge on any atom is -0.316 e. The molecule has 2 rings (SSSR count). The summed E-state index contributed by atoms with van der Waals surface area (Å²) in [6, 6.07) is 9.78. The Kier molecular flexibility index (Phi) is 4.77. The molecule has 16 heavy (non-hydrogen) atoms. The average molecular weight is 241 g/mol. The summed E-state index contributed by atoms with van der Waals surface area (Å²) in [4.78, 5) is 13.8. The summed E-state index contributed by atoms with van der Waals surface area (Å²) in [5.74, 6) is 0.362. The van der Waals surface area contributed by atoms with Crippen LogP contribution in [0.15, 0.2) is 30.3 Å². The third kappa shape index (κ3) is 2.74. The van der Waals surface area contributed by atoms with Crippen molar-refractivity contribution < 1.29 is 4.79 Å². The van der Waals surface area contributed by atoms with Gasteiger partial charge in [0.15, 0.2) is 0 Å². The molecule has 0 bridgehead atoms. The fraction of sp³-hybridized carbons (Fsp3) is 0.417. The zero-order chi connectivity index (χ0) is 10.7. The fourth-order valence-corrected chi connectivity index (χ4v) is 1.92. The largest absolute Gasteiger partial charge is 0.316 e. The van der Waals surface area contributed by atoms with Crippen LogP contribution in [-0.4, -0.2) is 26.0 Å². The minimum absolute atomic E-state index is 0. The van der Waals surface area contributed by atoms with Crippen molar-refractivity contribution in [2.45, 2.75) is 6.42 Å². The number of carbonyl (C=O) groups is 1. The molecule has 1 N–H and O–H groups in total. The van der Waals surface area contributed by atoms with Crippen LogP contribution in [-0.2, 0) is 4.79 Å². The lowest BCUT2D eigenvalue weighted by Crippen LogP contribution is -2.33. The number of nitrogens with zero attached hydrogens (tertiary/aromatic N) is 1. The van der Waals surface area contributed by atoms with Crippen molar-refractivity contribution in [3.05, 3.63) is 30.3 Å². The van der Waals surface area contributed by atoms with Gasteiger partial charge >= 0.3 is 0 Å². The molecular formula is C12H17ClN2O. The first kappa shape index (κ1) is 13.0. The number of hydrogen-bond donors (Lipinski definition) is 1. The first-order chi connectivity index (χ1) is 7.29. The summed E-state index contributed by atoms with van der Waals surface area (Å²) < 4.78 is 0. The summed E-state index contributed by atoms with van der Waals surface area (Å²) >= 11 is 0. The maximum atomic E-state index is 12.0. The summed E-state index contributed by atoms with van der Waals surface area (Å²) in [5, 5.41) is 3.21. The predicted octanol–water partition coefficient (Wildman–Crippen LogP) is 1.68. The molecule has 3 nitrogen and oxygen atoms in total. The van der Waals surface area contributed by atoms with E-state index in [2.05, 4.69) is 5.32 Å². The van der Waals surface area contributed by atoms with Gasteiger partial charge in [-0.05, 0) is 25.1 Å². The van der Waals surface area contributed by atoms with Gasteiger partial charge in [0.25, 0.3) is 0 Å². The Bertz CT molecular complexity index is 336. The predicted molar refractivity (Wildman–Crippen MR) is 68.1 cm³/mol. The molecule has 0 aromatic heterocycles. The number of halogens is 1. The number of nitrogens with one attached hydrogen (secondary N) is 1. The van der Waals surface area contributed by atoms with E-state index in [4.69, 9.17) is 0 Å². The van der Waals surface area contributed by atoms with Crippen LogP contribution in [0.25, 0.3) is 0 Å². The van der Waals surface area contributed by atoms with Gasteiger partial charge in [0.2, 0.25) is 5.91 Å². The number of anilines is 1. The Morgan fingerprint density at radius 2 is 2.06 bits per heavy atom. The summed E-state index contributed by atoms with van der Waals surface area (Å²) in [6.45, 7) is 1.77. The highest BCUT2D eigenvalue weighted by Gasteiger charge is 2.25. The molecule has 1 aliphatic heterocycles. The van der Waals surface area contributed by atoms with Gasteiger partial charge in [-0.25, -0.2) is 0 Å². The quantitative estimate of drug-likeness (QED) is 0.853. The third-order valence-corrected chi connectivity index (χ3v) is 2.88. The average Bonchev–Trinajstić information content (AvgIpc) is 2.82. The normalized spacial score (nSPS) is 18.9. The molecule has 1 saturated heterocycles. The molecule has 1 atom stereocenters. The van der Waals surface area contributed by atoms with Gasteiger partial charge < -0.3 is 10.2 Å². The van der Waals surface area contributed by atoms with E-state index >= 15 is 0 Å². The van der Waals surface area contributed by atoms with Crippen molar-refractivity contribution in [3.8, 4) is 0 Å². The summed E-state index contributed by atoms with van der Waals surface area (Å²) in [7, 11) is 1.84. The van der Waals surface area contributed by atoms with Crippen molar-refractivity contribution in [2.75, 3.05) is 25.0 Å². The van der Waals surface area contributed by atoms with Crippen LogP contribution in [0.1, 0.15) is 6.42 Å². The molecule has 0 radical (unpaired) electrons. The topological polar surface area (TPSA) is 32.3 Å². The minimum atomic E-state index is 0. The number of rotatable bonds is 2. The van der Waals surface area contributed by atoms with Gasteiger partial charge in [0, 0.05) is 19.3 Å². The molecule has 4 heteroatoms. The van der Waals surface area contributed by atoms with Crippen LogP contribution in [0.5, 0.6) is 0 Å². The van der Waals surface area contributed by atoms with E-state index in [9.17, 15) is 4.79 Å². The zero-order valence-corrected chi connectivity index (χ0v) is 10.2. The molecule has 1 heterocycles. The van der Waals surface area contributed by atoms with Crippen molar-refractivity contribution in [3.63, 3.8) is 0 Å². The van der Waals surface area contributed by atoms with E-state index in [0.29, 0.717) is 0 Å². The van der Waals surface area contributed by atoms with Crippen LogP contribution < -0.4 is 10.2 Å². The summed E-state index contributed by atoms with van der Waals surface area (Å²) in [5.41, 5.74) is 0.967. The third-order valence-electron chi connectivity index (χ3n) is 2.88. The highest BCUT2D eigenvalue weighted by molar-refractivity contribution is 5.94. The second kappa shape index (κ2) is 5.87. The van der Waals surface area contributed by atoms with E-state index in [0.717, 1.165) is 25.2 Å². The second-order valence-electron chi connectivity index (χ2n) is 3.92.